The van der Waals surface area contributed by atoms with E-state index in [9.17, 15) is 19.2 Å². The molecule has 1 aliphatic heterocycles. The SMILES string of the molecule is CCCC[C@H](NC(=O)OC1CC(C)(C)CN1C(=O)c1ccno1)C(=O)C(=O)N[C@H](C)c1ccccc1. The van der Waals surface area contributed by atoms with Gasteiger partial charge in [0.25, 0.3) is 11.8 Å². The Morgan fingerprint density at radius 3 is 2.53 bits per heavy atom. The van der Waals surface area contributed by atoms with E-state index in [0.29, 0.717) is 19.4 Å². The molecule has 0 spiro atoms. The smallest absolute Gasteiger partial charge is 0.409 e. The van der Waals surface area contributed by atoms with Gasteiger partial charge >= 0.3 is 6.09 Å². The van der Waals surface area contributed by atoms with Crippen LogP contribution in [0.4, 0.5) is 4.79 Å². The predicted molar refractivity (Wildman–Crippen MR) is 131 cm³/mol. The molecule has 0 bridgehead atoms. The number of ether oxygens (including phenoxy) is 1. The number of hydrogen-bond acceptors (Lipinski definition) is 7. The minimum atomic E-state index is -1.05. The van der Waals surface area contributed by atoms with Gasteiger partial charge < -0.3 is 19.9 Å². The van der Waals surface area contributed by atoms with Crippen molar-refractivity contribution >= 4 is 23.7 Å². The van der Waals surface area contributed by atoms with Crippen LogP contribution in [-0.4, -0.2) is 52.6 Å². The lowest BCUT2D eigenvalue weighted by Crippen LogP contribution is -2.49. The van der Waals surface area contributed by atoms with Crippen molar-refractivity contribution < 1.29 is 28.4 Å². The summed E-state index contributed by atoms with van der Waals surface area (Å²) in [5.41, 5.74) is 0.558. The average molecular weight is 499 g/mol. The number of rotatable bonds is 10. The summed E-state index contributed by atoms with van der Waals surface area (Å²) >= 11 is 0. The summed E-state index contributed by atoms with van der Waals surface area (Å²) in [6.45, 7) is 8.00. The van der Waals surface area contributed by atoms with Crippen LogP contribution in [0.2, 0.25) is 0 Å². The molecule has 3 rings (SSSR count). The van der Waals surface area contributed by atoms with Gasteiger partial charge in [0.2, 0.25) is 11.5 Å². The highest BCUT2D eigenvalue weighted by Crippen LogP contribution is 2.35. The molecule has 0 aliphatic carbocycles. The lowest BCUT2D eigenvalue weighted by atomic mass is 9.93. The molecular formula is C26H34N4O6. The lowest BCUT2D eigenvalue weighted by molar-refractivity contribution is -0.139. The number of alkyl carbamates (subject to hydrolysis) is 1. The fourth-order valence-electron chi connectivity index (χ4n) is 4.21. The zero-order valence-corrected chi connectivity index (χ0v) is 21.2. The van der Waals surface area contributed by atoms with E-state index in [-0.39, 0.29) is 23.6 Å². The second kappa shape index (κ2) is 11.8. The number of nitrogens with one attached hydrogen (secondary N) is 2. The number of carbonyl (C=O) groups excluding carboxylic acids is 4. The first-order chi connectivity index (χ1) is 17.1. The summed E-state index contributed by atoms with van der Waals surface area (Å²) in [4.78, 5) is 52.7. The predicted octanol–water partition coefficient (Wildman–Crippen LogP) is 3.60. The summed E-state index contributed by atoms with van der Waals surface area (Å²) in [5, 5.41) is 8.81. The van der Waals surface area contributed by atoms with Crippen molar-refractivity contribution in [1.29, 1.82) is 0 Å². The van der Waals surface area contributed by atoms with Gasteiger partial charge in [0.1, 0.15) is 6.04 Å². The molecule has 1 saturated heterocycles. The van der Waals surface area contributed by atoms with Crippen molar-refractivity contribution in [3.63, 3.8) is 0 Å². The van der Waals surface area contributed by atoms with Crippen molar-refractivity contribution in [2.24, 2.45) is 5.41 Å². The van der Waals surface area contributed by atoms with Crippen LogP contribution in [0.5, 0.6) is 0 Å². The maximum Gasteiger partial charge on any atom is 0.409 e. The molecule has 10 nitrogen and oxygen atoms in total. The monoisotopic (exact) mass is 498 g/mol. The number of nitrogens with zero attached hydrogens (tertiary/aromatic N) is 2. The number of unbranched alkanes of at least 4 members (excludes halogenated alkanes) is 1. The molecule has 10 heteroatoms. The van der Waals surface area contributed by atoms with Gasteiger partial charge in [0.15, 0.2) is 6.23 Å². The average Bonchev–Trinajstić information content (AvgIpc) is 3.49. The van der Waals surface area contributed by atoms with E-state index in [2.05, 4.69) is 15.8 Å². The van der Waals surface area contributed by atoms with Crippen LogP contribution in [0.15, 0.2) is 47.1 Å². The second-order valence-corrected chi connectivity index (χ2v) is 9.85. The van der Waals surface area contributed by atoms with E-state index in [0.717, 1.165) is 12.0 Å². The van der Waals surface area contributed by atoms with Crippen LogP contribution in [0.1, 0.15) is 75.5 Å². The van der Waals surface area contributed by atoms with Crippen LogP contribution >= 0.6 is 0 Å². The highest BCUT2D eigenvalue weighted by Gasteiger charge is 2.43. The Bertz CT molecular complexity index is 1050. The van der Waals surface area contributed by atoms with E-state index < -0.39 is 36.0 Å². The molecule has 3 amide bonds. The van der Waals surface area contributed by atoms with Crippen LogP contribution < -0.4 is 10.6 Å². The minimum Gasteiger partial charge on any atom is -0.425 e. The molecule has 0 saturated carbocycles. The van der Waals surface area contributed by atoms with Gasteiger partial charge in [0, 0.05) is 19.0 Å². The Balaban J connectivity index is 1.65. The van der Waals surface area contributed by atoms with E-state index in [1.165, 1.54) is 17.2 Å². The highest BCUT2D eigenvalue weighted by atomic mass is 16.6. The first kappa shape index (κ1) is 26.9. The second-order valence-electron chi connectivity index (χ2n) is 9.85. The maximum absolute atomic E-state index is 13.0. The molecule has 2 heterocycles. The fraction of sp³-hybridized carbons (Fsp3) is 0.500. The molecule has 1 fully saturated rings. The largest absolute Gasteiger partial charge is 0.425 e. The van der Waals surface area contributed by atoms with Gasteiger partial charge in [0.05, 0.1) is 12.2 Å². The first-order valence-electron chi connectivity index (χ1n) is 12.2. The van der Waals surface area contributed by atoms with Crippen molar-refractivity contribution in [3.8, 4) is 0 Å². The minimum absolute atomic E-state index is 0.0434. The highest BCUT2D eigenvalue weighted by molar-refractivity contribution is 6.38. The third kappa shape index (κ3) is 6.93. The lowest BCUT2D eigenvalue weighted by Gasteiger charge is -2.25. The number of carbonyl (C=O) groups is 4. The van der Waals surface area contributed by atoms with E-state index in [4.69, 9.17) is 9.26 Å². The molecule has 36 heavy (non-hydrogen) atoms. The van der Waals surface area contributed by atoms with Crippen LogP contribution in [-0.2, 0) is 14.3 Å². The van der Waals surface area contributed by atoms with Gasteiger partial charge in [-0.3, -0.25) is 19.3 Å². The summed E-state index contributed by atoms with van der Waals surface area (Å²) in [7, 11) is 0. The van der Waals surface area contributed by atoms with Gasteiger partial charge in [-0.25, -0.2) is 4.79 Å². The molecule has 2 aromatic rings. The van der Waals surface area contributed by atoms with Crippen molar-refractivity contribution in [2.45, 2.75) is 71.7 Å². The van der Waals surface area contributed by atoms with Gasteiger partial charge in [-0.05, 0) is 24.3 Å². The first-order valence-corrected chi connectivity index (χ1v) is 12.2. The molecule has 1 aromatic carbocycles. The quantitative estimate of drug-likeness (QED) is 0.479. The van der Waals surface area contributed by atoms with Gasteiger partial charge in [-0.2, -0.15) is 0 Å². The number of hydrogen-bond donors (Lipinski definition) is 2. The van der Waals surface area contributed by atoms with Crippen molar-refractivity contribution in [1.82, 2.24) is 20.7 Å². The summed E-state index contributed by atoms with van der Waals surface area (Å²) in [6.07, 6.45) is 1.74. The van der Waals surface area contributed by atoms with E-state index in [1.807, 2.05) is 51.1 Å². The zero-order chi connectivity index (χ0) is 26.3. The fourth-order valence-corrected chi connectivity index (χ4v) is 4.21. The third-order valence-corrected chi connectivity index (χ3v) is 6.15. The zero-order valence-electron chi connectivity index (χ0n) is 21.2. The van der Waals surface area contributed by atoms with Gasteiger partial charge in [-0.1, -0.05) is 69.1 Å². The van der Waals surface area contributed by atoms with Gasteiger partial charge in [-0.15, -0.1) is 0 Å². The van der Waals surface area contributed by atoms with Crippen molar-refractivity contribution in [3.05, 3.63) is 53.9 Å². The third-order valence-electron chi connectivity index (χ3n) is 6.15. The molecule has 1 unspecified atom stereocenters. The van der Waals surface area contributed by atoms with Crippen LogP contribution in [0, 0.1) is 5.41 Å². The molecule has 1 aliphatic rings. The number of amides is 3. The van der Waals surface area contributed by atoms with E-state index in [1.54, 1.807) is 6.92 Å². The Labute approximate surface area is 210 Å². The summed E-state index contributed by atoms with van der Waals surface area (Å²) < 4.78 is 10.6. The number of ketones is 1. The van der Waals surface area contributed by atoms with E-state index >= 15 is 0 Å². The standard InChI is InChI=1S/C26H34N4O6/c1-5-6-12-19(22(31)23(32)28-17(2)18-10-8-7-9-11-18)29-25(34)35-21-15-26(3,4)16-30(21)24(33)20-13-14-27-36-20/h7-11,13-14,17,19,21H,5-6,12,15-16H2,1-4H3,(H,28,32)(H,29,34)/t17-,19+,21?/m1/s1. The molecule has 2 N–H and O–H groups in total. The summed E-state index contributed by atoms with van der Waals surface area (Å²) in [6, 6.07) is 9.30. The molecule has 1 aromatic heterocycles. The molecule has 194 valence electrons. The Kier molecular flexibility index (Phi) is 8.84. The molecule has 3 atom stereocenters. The Hall–Kier alpha value is -3.69. The Morgan fingerprint density at radius 2 is 1.89 bits per heavy atom. The normalized spacial score (nSPS) is 18.2. The maximum atomic E-state index is 13.0. The summed E-state index contributed by atoms with van der Waals surface area (Å²) in [5.74, 6) is -1.92. The van der Waals surface area contributed by atoms with Crippen LogP contribution in [0.3, 0.4) is 0 Å². The molecular weight excluding hydrogens is 464 g/mol. The number of benzene rings is 1. The topological polar surface area (TPSA) is 131 Å². The Morgan fingerprint density at radius 1 is 1.17 bits per heavy atom. The number of aromatic nitrogens is 1. The molecule has 0 radical (unpaired) electrons. The number of likely N-dealkylation sites (tertiary alicyclic amines) is 1. The van der Waals surface area contributed by atoms with Crippen LogP contribution in [0.25, 0.3) is 0 Å². The number of Topliss-reactive ketones (excluding diaryl/α,β-unsaturated/α-hetero) is 1. The van der Waals surface area contributed by atoms with Crippen molar-refractivity contribution in [2.75, 3.05) is 6.54 Å².